The molecule has 7 nitrogen and oxygen atoms in total. The molecule has 0 bridgehead atoms. The first-order chi connectivity index (χ1) is 9.58. The number of nitrogens with one attached hydrogen (secondary N) is 1. The lowest BCUT2D eigenvalue weighted by atomic mass is 10.1. The molecule has 1 fully saturated rings. The van der Waals surface area contributed by atoms with Crippen LogP contribution < -0.4 is 21.7 Å². The smallest absolute Gasteiger partial charge is 0.265 e. The predicted molar refractivity (Wildman–Crippen MR) is 78.7 cm³/mol. The molecule has 5 N–H and O–H groups in total. The second-order valence-electron chi connectivity index (χ2n) is 4.73. The fourth-order valence-corrected chi connectivity index (χ4v) is 3.04. The van der Waals surface area contributed by atoms with Crippen molar-refractivity contribution in [2.75, 3.05) is 30.3 Å². The number of hydrogen-bond acceptors (Lipinski definition) is 6. The minimum absolute atomic E-state index is 0.115. The number of amides is 2. The third-order valence-electron chi connectivity index (χ3n) is 3.13. The molecule has 8 heteroatoms. The topological polar surface area (TPSA) is 114 Å². The van der Waals surface area contributed by atoms with Crippen LogP contribution in [0.5, 0.6) is 0 Å². The Morgan fingerprint density at radius 3 is 2.65 bits per heavy atom. The lowest BCUT2D eigenvalue weighted by molar-refractivity contribution is -0.117. The minimum atomic E-state index is -0.448. The van der Waals surface area contributed by atoms with E-state index in [2.05, 4.69) is 15.2 Å². The van der Waals surface area contributed by atoms with Gasteiger partial charge in [0, 0.05) is 26.1 Å². The van der Waals surface area contributed by atoms with Crippen molar-refractivity contribution in [1.29, 1.82) is 0 Å². The summed E-state index contributed by atoms with van der Waals surface area (Å²) in [6, 6.07) is 0. The number of rotatable bonds is 5. The Hall–Kier alpha value is -1.83. The van der Waals surface area contributed by atoms with Gasteiger partial charge < -0.3 is 21.7 Å². The van der Waals surface area contributed by atoms with Crippen LogP contribution in [0.3, 0.4) is 0 Å². The Labute approximate surface area is 121 Å². The molecular formula is C12H19N5O2S. The fraction of sp³-hybridized carbons (Fsp3) is 0.583. The average Bonchev–Trinajstić information content (AvgIpc) is 2.81. The van der Waals surface area contributed by atoms with Gasteiger partial charge in [0.15, 0.2) is 5.13 Å². The van der Waals surface area contributed by atoms with Crippen molar-refractivity contribution in [3.63, 3.8) is 0 Å². The Morgan fingerprint density at radius 1 is 1.30 bits per heavy atom. The third-order valence-corrected chi connectivity index (χ3v) is 4.26. The number of anilines is 2. The summed E-state index contributed by atoms with van der Waals surface area (Å²) in [7, 11) is 0. The van der Waals surface area contributed by atoms with Crippen LogP contribution in [0.2, 0.25) is 0 Å². The van der Waals surface area contributed by atoms with Gasteiger partial charge in [-0.05, 0) is 19.3 Å². The summed E-state index contributed by atoms with van der Waals surface area (Å²) in [5, 5.41) is 3.41. The van der Waals surface area contributed by atoms with E-state index in [0.717, 1.165) is 31.1 Å². The SMILES string of the molecule is NC(=O)CCNC(=O)c1sc(N2CCCCC2)nc1N. The number of carbonyl (C=O) groups excluding carboxylic acids is 2. The standard InChI is InChI=1S/C12H19N5O2S/c13-8(18)4-5-15-11(19)9-10(14)16-12(20-9)17-6-2-1-3-7-17/h1-7,14H2,(H2,13,18)(H,15,19). The second-order valence-corrected chi connectivity index (χ2v) is 5.71. The zero-order valence-electron chi connectivity index (χ0n) is 11.2. The number of thiazole rings is 1. The lowest BCUT2D eigenvalue weighted by Crippen LogP contribution is -2.29. The van der Waals surface area contributed by atoms with E-state index in [-0.39, 0.29) is 24.7 Å². The summed E-state index contributed by atoms with van der Waals surface area (Å²) in [4.78, 5) is 29.4. The normalized spacial score (nSPS) is 15.1. The van der Waals surface area contributed by atoms with E-state index in [4.69, 9.17) is 11.5 Å². The Kier molecular flexibility index (Phi) is 4.78. The Bertz CT molecular complexity index is 496. The number of carbonyl (C=O) groups is 2. The van der Waals surface area contributed by atoms with Gasteiger partial charge in [-0.15, -0.1) is 0 Å². The lowest BCUT2D eigenvalue weighted by Gasteiger charge is -2.25. The first-order valence-electron chi connectivity index (χ1n) is 6.65. The Balaban J connectivity index is 1.99. The van der Waals surface area contributed by atoms with Crippen LogP contribution in [-0.4, -0.2) is 36.4 Å². The van der Waals surface area contributed by atoms with E-state index in [1.165, 1.54) is 17.8 Å². The number of nitrogens with zero attached hydrogens (tertiary/aromatic N) is 2. The van der Waals surface area contributed by atoms with Gasteiger partial charge in [-0.2, -0.15) is 0 Å². The van der Waals surface area contributed by atoms with Crippen LogP contribution in [0.25, 0.3) is 0 Å². The Morgan fingerprint density at radius 2 is 2.00 bits per heavy atom. The minimum Gasteiger partial charge on any atom is -0.382 e. The fourth-order valence-electron chi connectivity index (χ4n) is 2.08. The predicted octanol–water partition coefficient (Wildman–Crippen LogP) is 0.321. The summed E-state index contributed by atoms with van der Waals surface area (Å²) in [5.74, 6) is -0.506. The van der Waals surface area contributed by atoms with Gasteiger partial charge in [-0.3, -0.25) is 9.59 Å². The number of primary amides is 1. The van der Waals surface area contributed by atoms with E-state index in [1.54, 1.807) is 0 Å². The first-order valence-corrected chi connectivity index (χ1v) is 7.47. The average molecular weight is 297 g/mol. The van der Waals surface area contributed by atoms with Crippen LogP contribution in [0.15, 0.2) is 0 Å². The molecule has 110 valence electrons. The van der Waals surface area contributed by atoms with Gasteiger partial charge in [0.05, 0.1) is 0 Å². The van der Waals surface area contributed by atoms with E-state index in [9.17, 15) is 9.59 Å². The molecule has 1 aromatic rings. The van der Waals surface area contributed by atoms with E-state index in [1.807, 2.05) is 0 Å². The molecule has 1 aliphatic rings. The van der Waals surface area contributed by atoms with Gasteiger partial charge >= 0.3 is 0 Å². The monoisotopic (exact) mass is 297 g/mol. The summed E-state index contributed by atoms with van der Waals surface area (Å²) in [6.07, 6.45) is 3.63. The van der Waals surface area contributed by atoms with Crippen molar-refractivity contribution in [2.45, 2.75) is 25.7 Å². The van der Waals surface area contributed by atoms with Crippen molar-refractivity contribution in [3.05, 3.63) is 4.88 Å². The highest BCUT2D eigenvalue weighted by Crippen LogP contribution is 2.29. The highest BCUT2D eigenvalue weighted by molar-refractivity contribution is 7.18. The zero-order valence-corrected chi connectivity index (χ0v) is 12.0. The summed E-state index contributed by atoms with van der Waals surface area (Å²) in [6.45, 7) is 2.12. The molecule has 2 amide bonds. The quantitative estimate of drug-likeness (QED) is 0.724. The van der Waals surface area contributed by atoms with Crippen LogP contribution in [0.4, 0.5) is 10.9 Å². The van der Waals surface area contributed by atoms with Gasteiger partial charge in [-0.25, -0.2) is 4.98 Å². The molecule has 2 rings (SSSR count). The molecule has 0 spiro atoms. The first kappa shape index (κ1) is 14.6. The van der Waals surface area contributed by atoms with Crippen LogP contribution in [-0.2, 0) is 4.79 Å². The number of nitrogens with two attached hydrogens (primary N) is 2. The highest BCUT2D eigenvalue weighted by Gasteiger charge is 2.20. The molecule has 0 saturated carbocycles. The number of nitrogen functional groups attached to an aromatic ring is 1. The second kappa shape index (κ2) is 6.56. The molecule has 0 aliphatic carbocycles. The van der Waals surface area contributed by atoms with E-state index >= 15 is 0 Å². The van der Waals surface area contributed by atoms with Crippen LogP contribution in [0, 0.1) is 0 Å². The zero-order chi connectivity index (χ0) is 14.5. The van der Waals surface area contributed by atoms with E-state index in [0.29, 0.717) is 4.88 Å². The van der Waals surface area contributed by atoms with Crippen molar-refractivity contribution in [1.82, 2.24) is 10.3 Å². The highest BCUT2D eigenvalue weighted by atomic mass is 32.1. The van der Waals surface area contributed by atoms with Gasteiger partial charge in [0.25, 0.3) is 5.91 Å². The van der Waals surface area contributed by atoms with Crippen molar-refractivity contribution in [2.24, 2.45) is 5.73 Å². The maximum absolute atomic E-state index is 12.0. The van der Waals surface area contributed by atoms with Crippen LogP contribution >= 0.6 is 11.3 Å². The summed E-state index contributed by atoms with van der Waals surface area (Å²) >= 11 is 1.29. The van der Waals surface area contributed by atoms with Gasteiger partial charge in [0.2, 0.25) is 5.91 Å². The summed E-state index contributed by atoms with van der Waals surface area (Å²) in [5.41, 5.74) is 10.8. The summed E-state index contributed by atoms with van der Waals surface area (Å²) < 4.78 is 0. The molecule has 0 atom stereocenters. The van der Waals surface area contributed by atoms with Crippen molar-refractivity contribution < 1.29 is 9.59 Å². The number of piperidine rings is 1. The molecule has 0 aromatic carbocycles. The van der Waals surface area contributed by atoms with E-state index < -0.39 is 5.91 Å². The number of aromatic nitrogens is 1. The van der Waals surface area contributed by atoms with Gasteiger partial charge in [0.1, 0.15) is 10.7 Å². The van der Waals surface area contributed by atoms with Crippen molar-refractivity contribution >= 4 is 34.1 Å². The third kappa shape index (κ3) is 3.60. The molecule has 1 aromatic heterocycles. The molecule has 2 heterocycles. The molecule has 1 aliphatic heterocycles. The maximum Gasteiger partial charge on any atom is 0.265 e. The van der Waals surface area contributed by atoms with Crippen LogP contribution in [0.1, 0.15) is 35.4 Å². The molecule has 0 radical (unpaired) electrons. The van der Waals surface area contributed by atoms with Crippen molar-refractivity contribution in [3.8, 4) is 0 Å². The largest absolute Gasteiger partial charge is 0.382 e. The molecule has 20 heavy (non-hydrogen) atoms. The molecular weight excluding hydrogens is 278 g/mol. The molecule has 1 saturated heterocycles. The molecule has 0 unspecified atom stereocenters. The number of hydrogen-bond donors (Lipinski definition) is 3. The maximum atomic E-state index is 12.0. The van der Waals surface area contributed by atoms with Gasteiger partial charge in [-0.1, -0.05) is 11.3 Å².